The van der Waals surface area contributed by atoms with Crippen LogP contribution in [0.25, 0.3) is 0 Å². The van der Waals surface area contributed by atoms with Gasteiger partial charge in [0.05, 0.1) is 29.5 Å². The van der Waals surface area contributed by atoms with Gasteiger partial charge in [-0.2, -0.15) is 0 Å². The summed E-state index contributed by atoms with van der Waals surface area (Å²) in [6.07, 6.45) is 0. The minimum Gasteiger partial charge on any atom is -0.383 e. The number of benzene rings is 1. The van der Waals surface area contributed by atoms with Gasteiger partial charge >= 0.3 is 0 Å². The summed E-state index contributed by atoms with van der Waals surface area (Å²) < 4.78 is 29.9. The van der Waals surface area contributed by atoms with E-state index in [1.165, 1.54) is 29.6 Å². The number of hydrogen-bond donors (Lipinski definition) is 0. The smallest absolute Gasteiger partial charge is 0.269 e. The Kier molecular flexibility index (Phi) is 3.22. The molecule has 0 atom stereocenters. The minimum atomic E-state index is -3.43. The van der Waals surface area contributed by atoms with Crippen molar-refractivity contribution in [1.82, 2.24) is 0 Å². The highest BCUT2D eigenvalue weighted by Crippen LogP contribution is 2.35. The van der Waals surface area contributed by atoms with Crippen LogP contribution in [-0.4, -0.2) is 33.6 Å². The Morgan fingerprint density at radius 3 is 2.83 bits per heavy atom. The van der Waals surface area contributed by atoms with Crippen LogP contribution in [0.4, 0.5) is 11.4 Å². The van der Waals surface area contributed by atoms with Crippen molar-refractivity contribution in [3.8, 4) is 0 Å². The molecule has 0 saturated heterocycles. The number of nitro benzene ring substituents is 1. The van der Waals surface area contributed by atoms with Crippen molar-refractivity contribution in [2.24, 2.45) is 0 Å². The van der Waals surface area contributed by atoms with Gasteiger partial charge < -0.3 is 4.74 Å². The number of hydrogen-bond acceptors (Lipinski definition) is 5. The average molecular weight is 272 g/mol. The van der Waals surface area contributed by atoms with Gasteiger partial charge in [-0.3, -0.25) is 14.4 Å². The second kappa shape index (κ2) is 4.54. The van der Waals surface area contributed by atoms with Gasteiger partial charge in [0.1, 0.15) is 0 Å². The fraction of sp³-hybridized carbons (Fsp3) is 0.400. The summed E-state index contributed by atoms with van der Waals surface area (Å²) in [5.74, 6) is -0.201. The molecule has 0 radical (unpaired) electrons. The number of non-ortho nitro benzene ring substituents is 1. The van der Waals surface area contributed by atoms with Gasteiger partial charge in [-0.1, -0.05) is 0 Å². The monoisotopic (exact) mass is 272 g/mol. The normalized spacial score (nSPS) is 16.6. The van der Waals surface area contributed by atoms with E-state index >= 15 is 0 Å². The maximum Gasteiger partial charge on any atom is 0.269 e. The highest BCUT2D eigenvalue weighted by molar-refractivity contribution is 7.92. The number of rotatable bonds is 4. The quantitative estimate of drug-likeness (QED) is 0.599. The summed E-state index contributed by atoms with van der Waals surface area (Å²) in [4.78, 5) is 10.1. The average Bonchev–Trinajstić information content (AvgIpc) is 2.55. The summed E-state index contributed by atoms with van der Waals surface area (Å²) in [6.45, 7) is 0.485. The molecule has 1 aliphatic heterocycles. The lowest BCUT2D eigenvalue weighted by atomic mass is 10.2. The summed E-state index contributed by atoms with van der Waals surface area (Å²) in [7, 11) is -1.94. The molecule has 0 bridgehead atoms. The third-order valence-electron chi connectivity index (χ3n) is 2.71. The number of anilines is 1. The van der Waals surface area contributed by atoms with E-state index < -0.39 is 14.9 Å². The fourth-order valence-corrected chi connectivity index (χ4v) is 3.51. The van der Waals surface area contributed by atoms with Crippen molar-refractivity contribution in [3.63, 3.8) is 0 Å². The molecule has 0 amide bonds. The van der Waals surface area contributed by atoms with Gasteiger partial charge in [0, 0.05) is 24.8 Å². The van der Waals surface area contributed by atoms with Gasteiger partial charge in [0.15, 0.2) is 0 Å². The predicted octanol–water partition coefficient (Wildman–Crippen LogP) is 0.891. The maximum absolute atomic E-state index is 11.9. The first-order valence-corrected chi connectivity index (χ1v) is 6.83. The highest BCUT2D eigenvalue weighted by atomic mass is 32.2. The Hall–Kier alpha value is -1.67. The van der Waals surface area contributed by atoms with Crippen LogP contribution < -0.4 is 4.31 Å². The van der Waals surface area contributed by atoms with Crippen LogP contribution in [0.15, 0.2) is 18.2 Å². The molecule has 0 fully saturated rings. The van der Waals surface area contributed by atoms with Crippen LogP contribution in [0.3, 0.4) is 0 Å². The van der Waals surface area contributed by atoms with Crippen molar-refractivity contribution < 1.29 is 18.1 Å². The summed E-state index contributed by atoms with van der Waals surface area (Å²) in [5, 5.41) is 10.6. The Balaban J connectivity index is 2.40. The van der Waals surface area contributed by atoms with Crippen molar-refractivity contribution in [2.45, 2.75) is 5.75 Å². The number of methoxy groups -OCH3 is 1. The van der Waals surface area contributed by atoms with Gasteiger partial charge in [-0.15, -0.1) is 0 Å². The van der Waals surface area contributed by atoms with E-state index in [4.69, 9.17) is 4.74 Å². The van der Waals surface area contributed by atoms with Crippen molar-refractivity contribution in [1.29, 1.82) is 0 Å². The summed E-state index contributed by atoms with van der Waals surface area (Å²) in [6, 6.07) is 4.08. The standard InChI is InChI=1S/C10H12N2O5S/c1-17-5-4-11-10-3-2-9(12(13)14)6-8(10)7-18(11,15)16/h2-3,6H,4-5,7H2,1H3. The second-order valence-corrected chi connectivity index (χ2v) is 5.78. The molecule has 2 rings (SSSR count). The molecule has 1 heterocycles. The molecule has 1 aromatic rings. The Bertz CT molecular complexity index is 584. The molecule has 98 valence electrons. The highest BCUT2D eigenvalue weighted by Gasteiger charge is 2.33. The van der Waals surface area contributed by atoms with Crippen LogP contribution in [0.5, 0.6) is 0 Å². The van der Waals surface area contributed by atoms with Gasteiger partial charge in [-0.05, 0) is 6.07 Å². The Morgan fingerprint density at radius 2 is 2.22 bits per heavy atom. The molecular formula is C10H12N2O5S. The van der Waals surface area contributed by atoms with E-state index in [2.05, 4.69) is 0 Å². The van der Waals surface area contributed by atoms with Gasteiger partial charge in [0.25, 0.3) is 5.69 Å². The number of fused-ring (bicyclic) bond motifs is 1. The fourth-order valence-electron chi connectivity index (χ4n) is 1.90. The topological polar surface area (TPSA) is 89.8 Å². The molecule has 1 aliphatic rings. The van der Waals surface area contributed by atoms with Crippen molar-refractivity contribution >= 4 is 21.4 Å². The lowest BCUT2D eigenvalue weighted by Gasteiger charge is -2.17. The number of sulfonamides is 1. The Morgan fingerprint density at radius 1 is 1.50 bits per heavy atom. The molecule has 0 unspecified atom stereocenters. The van der Waals surface area contributed by atoms with Crippen LogP contribution >= 0.6 is 0 Å². The van der Waals surface area contributed by atoms with Gasteiger partial charge in [-0.25, -0.2) is 8.42 Å². The third kappa shape index (κ3) is 2.16. The molecule has 0 saturated carbocycles. The summed E-state index contributed by atoms with van der Waals surface area (Å²) >= 11 is 0. The lowest BCUT2D eigenvalue weighted by Crippen LogP contribution is -2.30. The van der Waals surface area contributed by atoms with E-state index in [-0.39, 0.29) is 24.6 Å². The SMILES string of the molecule is COCCN1c2ccc([N+](=O)[O-])cc2CS1(=O)=O. The van der Waals surface area contributed by atoms with Crippen LogP contribution in [-0.2, 0) is 20.5 Å². The lowest BCUT2D eigenvalue weighted by molar-refractivity contribution is -0.384. The van der Waals surface area contributed by atoms with Crippen molar-refractivity contribution in [3.05, 3.63) is 33.9 Å². The number of ether oxygens (including phenoxy) is 1. The third-order valence-corrected chi connectivity index (χ3v) is 4.44. The molecule has 1 aromatic carbocycles. The molecule has 0 spiro atoms. The number of nitrogens with zero attached hydrogens (tertiary/aromatic N) is 2. The van der Waals surface area contributed by atoms with Crippen LogP contribution in [0, 0.1) is 10.1 Å². The van der Waals surface area contributed by atoms with E-state index in [0.717, 1.165) is 0 Å². The van der Waals surface area contributed by atoms with Crippen LogP contribution in [0.1, 0.15) is 5.56 Å². The minimum absolute atomic E-state index is 0.0995. The van der Waals surface area contributed by atoms with Crippen LogP contribution in [0.2, 0.25) is 0 Å². The van der Waals surface area contributed by atoms with Gasteiger partial charge in [0.2, 0.25) is 10.0 Å². The zero-order valence-electron chi connectivity index (χ0n) is 9.70. The molecule has 0 aliphatic carbocycles. The molecule has 0 N–H and O–H groups in total. The molecule has 7 nitrogen and oxygen atoms in total. The molecule has 18 heavy (non-hydrogen) atoms. The van der Waals surface area contributed by atoms with Crippen molar-refractivity contribution in [2.75, 3.05) is 24.6 Å². The maximum atomic E-state index is 11.9. The first-order chi connectivity index (χ1) is 8.45. The molecule has 8 heteroatoms. The van der Waals surface area contributed by atoms with E-state index in [1.54, 1.807) is 0 Å². The van der Waals surface area contributed by atoms with E-state index in [1.807, 2.05) is 0 Å². The van der Waals surface area contributed by atoms with E-state index in [9.17, 15) is 18.5 Å². The first-order valence-electron chi connectivity index (χ1n) is 5.22. The zero-order valence-corrected chi connectivity index (χ0v) is 10.5. The predicted molar refractivity (Wildman–Crippen MR) is 64.9 cm³/mol. The summed E-state index contributed by atoms with van der Waals surface area (Å²) in [5.41, 5.74) is 0.857. The Labute approximate surface area is 104 Å². The second-order valence-electron chi connectivity index (χ2n) is 3.89. The largest absolute Gasteiger partial charge is 0.383 e. The van der Waals surface area contributed by atoms with E-state index in [0.29, 0.717) is 11.3 Å². The molecular weight excluding hydrogens is 260 g/mol. The first kappa shape index (κ1) is 12.8. The number of nitro groups is 1. The zero-order chi connectivity index (χ0) is 13.3. The molecule has 0 aromatic heterocycles.